The van der Waals surface area contributed by atoms with Crippen LogP contribution in [0.25, 0.3) is 0 Å². The van der Waals surface area contributed by atoms with E-state index >= 15 is 0 Å². The number of phosphoric acid groups is 1. The van der Waals surface area contributed by atoms with E-state index in [1.54, 1.807) is 0 Å². The maximum atomic E-state index is 12.9. The van der Waals surface area contributed by atoms with Crippen molar-refractivity contribution >= 4 is 13.7 Å². The van der Waals surface area contributed by atoms with Crippen molar-refractivity contribution in [2.45, 2.75) is 283 Å². The largest absolute Gasteiger partial charge is 0.472 e. The summed E-state index contributed by atoms with van der Waals surface area (Å²) in [6.07, 6.45) is 50.2. The summed E-state index contributed by atoms with van der Waals surface area (Å²) in [7, 11) is 1.63. The number of nitrogens with one attached hydrogen (secondary N) is 1. The zero-order chi connectivity index (χ0) is 44.3. The molecule has 360 valence electrons. The van der Waals surface area contributed by atoms with Crippen molar-refractivity contribution in [3.05, 3.63) is 0 Å². The second kappa shape index (κ2) is 43.7. The minimum Gasteiger partial charge on any atom is -0.391 e. The third-order valence-corrected chi connectivity index (χ3v) is 13.3. The van der Waals surface area contributed by atoms with Gasteiger partial charge in [-0.1, -0.05) is 251 Å². The standard InChI is InChI=1S/C51H105N2O6P/c1-6-8-10-12-14-16-18-19-20-21-22-23-24-25-26-27-28-29-30-31-32-33-35-37-39-41-43-45-51(55)52-49(48-59-60(56,57)58-47-46-53(3,4)5)50(54)44-42-40-38-36-34-17-15-13-11-9-7-2/h49-50,54H,6-48H2,1-5H3,(H-,52,55,56,57)/p+1. The fraction of sp³-hybridized carbons (Fsp3) is 0.980. The van der Waals surface area contributed by atoms with Gasteiger partial charge in [0, 0.05) is 6.42 Å². The third-order valence-electron chi connectivity index (χ3n) is 12.4. The Morgan fingerprint density at radius 1 is 0.500 bits per heavy atom. The molecule has 0 aromatic heterocycles. The number of aliphatic hydroxyl groups excluding tert-OH is 1. The van der Waals surface area contributed by atoms with Crippen molar-refractivity contribution in [2.75, 3.05) is 40.9 Å². The number of likely N-dealkylation sites (N-methyl/N-ethyl adjacent to an activating group) is 1. The molecule has 0 aliphatic rings. The number of unbranched alkanes of at least 4 members (excludes halogenated alkanes) is 36. The molecule has 3 N–H and O–H groups in total. The van der Waals surface area contributed by atoms with Crippen LogP contribution in [0.5, 0.6) is 0 Å². The number of quaternary nitrogens is 1. The van der Waals surface area contributed by atoms with Gasteiger partial charge in [-0.15, -0.1) is 0 Å². The summed E-state index contributed by atoms with van der Waals surface area (Å²) in [6.45, 7) is 4.91. The summed E-state index contributed by atoms with van der Waals surface area (Å²) in [6, 6.07) is -0.753. The normalized spacial score (nSPS) is 14.1. The van der Waals surface area contributed by atoms with Crippen molar-refractivity contribution in [1.82, 2.24) is 5.32 Å². The molecule has 3 atom stereocenters. The molecule has 8 nitrogen and oxygen atoms in total. The quantitative estimate of drug-likeness (QED) is 0.0319. The zero-order valence-corrected chi connectivity index (χ0v) is 41.9. The van der Waals surface area contributed by atoms with Crippen LogP contribution in [0.4, 0.5) is 0 Å². The average Bonchev–Trinajstić information content (AvgIpc) is 3.20. The van der Waals surface area contributed by atoms with E-state index in [4.69, 9.17) is 9.05 Å². The first kappa shape index (κ1) is 59.5. The van der Waals surface area contributed by atoms with Gasteiger partial charge >= 0.3 is 7.82 Å². The first-order chi connectivity index (χ1) is 29.0. The van der Waals surface area contributed by atoms with Crippen molar-refractivity contribution < 1.29 is 32.9 Å². The predicted octanol–water partition coefficient (Wildman–Crippen LogP) is 15.3. The topological polar surface area (TPSA) is 105 Å². The van der Waals surface area contributed by atoms with Crippen LogP contribution in [0.15, 0.2) is 0 Å². The van der Waals surface area contributed by atoms with Crippen LogP contribution in [0.3, 0.4) is 0 Å². The Morgan fingerprint density at radius 2 is 0.800 bits per heavy atom. The Kier molecular flexibility index (Phi) is 43.4. The molecule has 0 fully saturated rings. The van der Waals surface area contributed by atoms with Gasteiger partial charge in [0.1, 0.15) is 13.2 Å². The first-order valence-electron chi connectivity index (χ1n) is 26.4. The van der Waals surface area contributed by atoms with Gasteiger partial charge in [-0.05, 0) is 12.8 Å². The second-order valence-corrected chi connectivity index (χ2v) is 21.1. The van der Waals surface area contributed by atoms with E-state index in [-0.39, 0.29) is 19.1 Å². The second-order valence-electron chi connectivity index (χ2n) is 19.6. The Balaban J connectivity index is 4.02. The molecule has 0 aliphatic heterocycles. The predicted molar refractivity (Wildman–Crippen MR) is 259 cm³/mol. The molecule has 0 heterocycles. The maximum Gasteiger partial charge on any atom is 0.472 e. The molecule has 0 aromatic carbocycles. The molecule has 9 heteroatoms. The Labute approximate surface area is 374 Å². The van der Waals surface area contributed by atoms with E-state index in [9.17, 15) is 19.4 Å². The molecule has 1 amide bonds. The van der Waals surface area contributed by atoms with Gasteiger partial charge in [-0.25, -0.2) is 4.57 Å². The number of nitrogens with zero attached hydrogens (tertiary/aromatic N) is 1. The Hall–Kier alpha value is -0.500. The van der Waals surface area contributed by atoms with E-state index in [1.165, 1.54) is 205 Å². The number of hydrogen-bond acceptors (Lipinski definition) is 5. The monoisotopic (exact) mass is 874 g/mol. The van der Waals surface area contributed by atoms with E-state index in [0.29, 0.717) is 23.9 Å². The van der Waals surface area contributed by atoms with Crippen molar-refractivity contribution in [3.8, 4) is 0 Å². The highest BCUT2D eigenvalue weighted by atomic mass is 31.2. The Morgan fingerprint density at radius 3 is 1.12 bits per heavy atom. The van der Waals surface area contributed by atoms with Gasteiger partial charge in [-0.3, -0.25) is 13.8 Å². The van der Waals surface area contributed by atoms with Gasteiger partial charge in [-0.2, -0.15) is 0 Å². The fourth-order valence-corrected chi connectivity index (χ4v) is 8.90. The highest BCUT2D eigenvalue weighted by Gasteiger charge is 2.28. The zero-order valence-electron chi connectivity index (χ0n) is 41.0. The van der Waals surface area contributed by atoms with Crippen LogP contribution < -0.4 is 5.32 Å². The molecule has 0 radical (unpaired) electrons. The lowest BCUT2D eigenvalue weighted by Gasteiger charge is -2.26. The molecular formula is C51H106N2O6P+. The van der Waals surface area contributed by atoms with Crippen LogP contribution in [0.1, 0.15) is 271 Å². The highest BCUT2D eigenvalue weighted by molar-refractivity contribution is 7.47. The lowest BCUT2D eigenvalue weighted by Crippen LogP contribution is -2.46. The van der Waals surface area contributed by atoms with Gasteiger partial charge < -0.3 is 19.8 Å². The number of aliphatic hydroxyl groups is 1. The van der Waals surface area contributed by atoms with Crippen LogP contribution in [0.2, 0.25) is 0 Å². The molecule has 0 aromatic rings. The molecule has 0 aliphatic carbocycles. The summed E-state index contributed by atoms with van der Waals surface area (Å²) in [4.78, 5) is 23.2. The van der Waals surface area contributed by atoms with Gasteiger partial charge in [0.2, 0.25) is 5.91 Å². The van der Waals surface area contributed by atoms with Gasteiger partial charge in [0.15, 0.2) is 0 Å². The van der Waals surface area contributed by atoms with E-state index in [1.807, 2.05) is 21.1 Å². The minimum atomic E-state index is -4.31. The summed E-state index contributed by atoms with van der Waals surface area (Å²) in [5.74, 6) is -0.139. The van der Waals surface area contributed by atoms with Crippen molar-refractivity contribution in [3.63, 3.8) is 0 Å². The van der Waals surface area contributed by atoms with Crippen LogP contribution in [0, 0.1) is 0 Å². The summed E-state index contributed by atoms with van der Waals surface area (Å²) in [5, 5.41) is 14.0. The molecule has 60 heavy (non-hydrogen) atoms. The van der Waals surface area contributed by atoms with Crippen molar-refractivity contribution in [1.29, 1.82) is 0 Å². The molecule has 0 rings (SSSR count). The Bertz CT molecular complexity index is 947. The van der Waals surface area contributed by atoms with E-state index in [0.717, 1.165) is 38.5 Å². The molecule has 0 saturated heterocycles. The number of hydrogen-bond donors (Lipinski definition) is 3. The van der Waals surface area contributed by atoms with E-state index in [2.05, 4.69) is 19.2 Å². The fourth-order valence-electron chi connectivity index (χ4n) is 8.17. The van der Waals surface area contributed by atoms with E-state index < -0.39 is 20.0 Å². The molecule has 0 bridgehead atoms. The average molecular weight is 874 g/mol. The highest BCUT2D eigenvalue weighted by Crippen LogP contribution is 2.43. The smallest absolute Gasteiger partial charge is 0.391 e. The van der Waals surface area contributed by atoms with Crippen LogP contribution in [-0.2, 0) is 18.4 Å². The molecular weight excluding hydrogens is 768 g/mol. The number of carbonyl (C=O) groups is 1. The SMILES string of the molecule is CCCCCCCCCCCCCCCCCCCCCCCCCCCCCC(=O)NC(COP(=O)(O)OCC[N+](C)(C)C)C(O)CCCCCCCCCCCCC. The minimum absolute atomic E-state index is 0.0786. The number of amides is 1. The van der Waals surface area contributed by atoms with Crippen LogP contribution >= 0.6 is 7.82 Å². The lowest BCUT2D eigenvalue weighted by molar-refractivity contribution is -0.870. The van der Waals surface area contributed by atoms with Crippen molar-refractivity contribution in [2.24, 2.45) is 0 Å². The van der Waals surface area contributed by atoms with Gasteiger partial charge in [0.25, 0.3) is 0 Å². The van der Waals surface area contributed by atoms with Gasteiger partial charge in [0.05, 0.1) is 39.9 Å². The number of rotatable bonds is 49. The lowest BCUT2D eigenvalue weighted by atomic mass is 10.0. The molecule has 3 unspecified atom stereocenters. The summed E-state index contributed by atoms with van der Waals surface area (Å²) < 4.78 is 23.7. The maximum absolute atomic E-state index is 12.9. The number of phosphoric ester groups is 1. The third kappa shape index (κ3) is 45.5. The summed E-state index contributed by atoms with van der Waals surface area (Å²) in [5.41, 5.74) is 0. The first-order valence-corrected chi connectivity index (χ1v) is 27.9. The van der Waals surface area contributed by atoms with Crippen LogP contribution in [-0.4, -0.2) is 73.4 Å². The molecule has 0 saturated carbocycles. The number of carbonyl (C=O) groups excluding carboxylic acids is 1. The molecule has 0 spiro atoms. The summed E-state index contributed by atoms with van der Waals surface area (Å²) >= 11 is 0.